The van der Waals surface area contributed by atoms with Crippen LogP contribution in [0.15, 0.2) is 122 Å². The smallest absolute Gasteiger partial charge is 0.306 e. The molecule has 6 N–H and O–H groups in total. The maximum atomic E-state index is 13.4. The van der Waals surface area contributed by atoms with Crippen molar-refractivity contribution in [2.45, 2.75) is 314 Å². The molecule has 480 valence electrons. The molecule has 0 aromatic rings. The minimum atomic E-state index is -1.63. The summed E-state index contributed by atoms with van der Waals surface area (Å²) in [6.07, 6.45) is 72.5. The Bertz CT molecular complexity index is 1830. The lowest BCUT2D eigenvalue weighted by Gasteiger charge is -2.41. The van der Waals surface area contributed by atoms with Gasteiger partial charge in [-0.25, -0.2) is 0 Å². The number of ether oxygens (including phenoxy) is 3. The number of aliphatic hydroxyl groups is 5. The second-order valence-corrected chi connectivity index (χ2v) is 22.8. The number of aliphatic hydroxyl groups excluding tert-OH is 5. The Hall–Kier alpha value is -3.94. The molecule has 0 saturated carbocycles. The lowest BCUT2D eigenvalue weighted by Crippen LogP contribution is -2.61. The number of carbonyl (C=O) groups is 2. The van der Waals surface area contributed by atoms with Gasteiger partial charge in [0, 0.05) is 12.8 Å². The molecule has 1 aliphatic heterocycles. The Morgan fingerprint density at radius 2 is 0.857 bits per heavy atom. The zero-order valence-electron chi connectivity index (χ0n) is 53.2. The van der Waals surface area contributed by atoms with Crippen LogP contribution in [0.2, 0.25) is 0 Å². The van der Waals surface area contributed by atoms with Crippen molar-refractivity contribution in [3.63, 3.8) is 0 Å². The van der Waals surface area contributed by atoms with Crippen molar-refractivity contribution in [1.29, 1.82) is 0 Å². The third-order valence-corrected chi connectivity index (χ3v) is 15.1. The SMILES string of the molecule is CC/C=C\C/C=C\C/C=C\C/C=C\C/C=C\C/C=C\CC(O)C(=O)NC(COC1OC(CO)C(O)C(O)C1OC(=O)CCCCCCCCCCCCCC/C=C\C/C=C\C/C=C\CCCCC)C(O)/C=C/CCCCCCCCCCCC. The van der Waals surface area contributed by atoms with Gasteiger partial charge in [0.2, 0.25) is 5.91 Å². The lowest BCUT2D eigenvalue weighted by molar-refractivity contribution is -0.305. The Labute approximate surface area is 512 Å². The molecule has 0 aromatic carbocycles. The molecule has 1 fully saturated rings. The first-order chi connectivity index (χ1) is 41.2. The highest BCUT2D eigenvalue weighted by molar-refractivity contribution is 5.81. The van der Waals surface area contributed by atoms with Gasteiger partial charge in [0.15, 0.2) is 12.4 Å². The van der Waals surface area contributed by atoms with Crippen LogP contribution >= 0.6 is 0 Å². The average molecular weight is 1170 g/mol. The molecule has 1 aliphatic rings. The van der Waals surface area contributed by atoms with Crippen LogP contribution < -0.4 is 5.32 Å². The molecule has 1 amide bonds. The summed E-state index contributed by atoms with van der Waals surface area (Å²) in [6, 6.07) is -1.07. The Morgan fingerprint density at radius 3 is 1.31 bits per heavy atom. The van der Waals surface area contributed by atoms with E-state index in [1.807, 2.05) is 18.2 Å². The molecule has 0 spiro atoms. The van der Waals surface area contributed by atoms with Crippen molar-refractivity contribution < 1.29 is 49.3 Å². The molecule has 1 heterocycles. The van der Waals surface area contributed by atoms with Crippen molar-refractivity contribution in [1.82, 2.24) is 5.32 Å². The third kappa shape index (κ3) is 46.3. The van der Waals surface area contributed by atoms with Crippen LogP contribution in [-0.4, -0.2) is 99.6 Å². The minimum absolute atomic E-state index is 0.0525. The highest BCUT2D eigenvalue weighted by Crippen LogP contribution is 2.26. The second kappa shape index (κ2) is 59.4. The van der Waals surface area contributed by atoms with Crippen LogP contribution in [0.25, 0.3) is 0 Å². The van der Waals surface area contributed by atoms with Gasteiger partial charge in [-0.3, -0.25) is 9.59 Å². The average Bonchev–Trinajstić information content (AvgIpc) is 3.67. The van der Waals surface area contributed by atoms with Gasteiger partial charge in [-0.1, -0.05) is 277 Å². The fourth-order valence-corrected chi connectivity index (χ4v) is 9.79. The fourth-order valence-electron chi connectivity index (χ4n) is 9.79. The Morgan fingerprint density at radius 1 is 0.476 bits per heavy atom. The summed E-state index contributed by atoms with van der Waals surface area (Å²) < 4.78 is 17.6. The van der Waals surface area contributed by atoms with E-state index in [0.29, 0.717) is 12.8 Å². The molecule has 11 nitrogen and oxygen atoms in total. The van der Waals surface area contributed by atoms with Gasteiger partial charge in [-0.2, -0.15) is 0 Å². The quantitative estimate of drug-likeness (QED) is 0.0195. The van der Waals surface area contributed by atoms with E-state index >= 15 is 0 Å². The number of amides is 1. The Kier molecular flexibility index (Phi) is 55.2. The molecule has 0 aromatic heterocycles. The van der Waals surface area contributed by atoms with E-state index in [0.717, 1.165) is 96.3 Å². The van der Waals surface area contributed by atoms with Crippen molar-refractivity contribution >= 4 is 11.9 Å². The zero-order chi connectivity index (χ0) is 61.0. The number of hydrogen-bond donors (Lipinski definition) is 6. The molecular weight excluding hydrogens is 1050 g/mol. The molecule has 8 atom stereocenters. The predicted molar refractivity (Wildman–Crippen MR) is 351 cm³/mol. The summed E-state index contributed by atoms with van der Waals surface area (Å²) in [5.74, 6) is -1.29. The number of nitrogens with one attached hydrogen (secondary N) is 1. The number of carbonyl (C=O) groups excluding carboxylic acids is 2. The summed E-state index contributed by atoms with van der Waals surface area (Å²) in [7, 11) is 0. The van der Waals surface area contributed by atoms with Crippen LogP contribution in [0, 0.1) is 0 Å². The van der Waals surface area contributed by atoms with Crippen LogP contribution in [0.4, 0.5) is 0 Å². The molecule has 0 aliphatic carbocycles. The first-order valence-corrected chi connectivity index (χ1v) is 33.8. The van der Waals surface area contributed by atoms with E-state index in [9.17, 15) is 35.1 Å². The second-order valence-electron chi connectivity index (χ2n) is 22.8. The number of unbranched alkanes of at least 4 members (excludes halogenated alkanes) is 25. The van der Waals surface area contributed by atoms with Crippen LogP contribution in [0.1, 0.15) is 265 Å². The van der Waals surface area contributed by atoms with Crippen LogP contribution in [-0.2, 0) is 23.8 Å². The van der Waals surface area contributed by atoms with Gasteiger partial charge in [-0.15, -0.1) is 0 Å². The molecule has 1 rings (SSSR count). The molecule has 1 saturated heterocycles. The van der Waals surface area contributed by atoms with Gasteiger partial charge in [0.25, 0.3) is 0 Å². The van der Waals surface area contributed by atoms with E-state index in [-0.39, 0.29) is 19.4 Å². The first kappa shape index (κ1) is 78.1. The van der Waals surface area contributed by atoms with Gasteiger partial charge in [-0.05, 0) is 96.3 Å². The number of allylic oxidation sites excluding steroid dienone is 18. The maximum absolute atomic E-state index is 13.4. The van der Waals surface area contributed by atoms with Crippen LogP contribution in [0.3, 0.4) is 0 Å². The molecular formula is C73H123NO10. The summed E-state index contributed by atoms with van der Waals surface area (Å²) in [6.45, 7) is 5.60. The topological polar surface area (TPSA) is 175 Å². The van der Waals surface area contributed by atoms with Crippen molar-refractivity contribution in [2.24, 2.45) is 0 Å². The number of rotatable bonds is 56. The predicted octanol–water partition coefficient (Wildman–Crippen LogP) is 17.0. The molecule has 0 radical (unpaired) electrons. The normalized spacial score (nSPS) is 19.3. The van der Waals surface area contributed by atoms with E-state index < -0.39 is 67.4 Å². The van der Waals surface area contributed by atoms with Crippen molar-refractivity contribution in [2.75, 3.05) is 13.2 Å². The largest absolute Gasteiger partial charge is 0.454 e. The monoisotopic (exact) mass is 1170 g/mol. The molecule has 84 heavy (non-hydrogen) atoms. The summed E-state index contributed by atoms with van der Waals surface area (Å²) in [5.41, 5.74) is 0. The molecule has 8 unspecified atom stereocenters. The summed E-state index contributed by atoms with van der Waals surface area (Å²) >= 11 is 0. The van der Waals surface area contributed by atoms with E-state index in [4.69, 9.17) is 14.2 Å². The highest BCUT2D eigenvalue weighted by Gasteiger charge is 2.47. The first-order valence-electron chi connectivity index (χ1n) is 33.8. The summed E-state index contributed by atoms with van der Waals surface area (Å²) in [5, 5.41) is 57.0. The van der Waals surface area contributed by atoms with E-state index in [2.05, 4.69) is 117 Å². The summed E-state index contributed by atoms with van der Waals surface area (Å²) in [4.78, 5) is 26.6. The van der Waals surface area contributed by atoms with Gasteiger partial charge in [0.05, 0.1) is 25.4 Å². The molecule has 11 heteroatoms. The van der Waals surface area contributed by atoms with Crippen molar-refractivity contribution in [3.05, 3.63) is 122 Å². The molecule has 0 bridgehead atoms. The van der Waals surface area contributed by atoms with E-state index in [1.54, 1.807) is 12.2 Å². The highest BCUT2D eigenvalue weighted by atomic mass is 16.7. The van der Waals surface area contributed by atoms with Gasteiger partial charge < -0.3 is 45.1 Å². The number of esters is 1. The lowest BCUT2D eigenvalue weighted by atomic mass is 9.99. The fraction of sp³-hybridized carbons (Fsp3) is 0.699. The zero-order valence-corrected chi connectivity index (χ0v) is 53.2. The van der Waals surface area contributed by atoms with Gasteiger partial charge >= 0.3 is 5.97 Å². The maximum Gasteiger partial charge on any atom is 0.306 e. The standard InChI is InChI=1S/C73H123NO10/c1-4-7-10-13-16-19-22-25-27-29-31-32-33-34-35-36-37-39-41-43-46-49-52-55-58-61-68(78)84-71-70(80)69(79)67(62-75)83-73(71)82-63-64(65(76)59-56-53-50-47-44-24-21-18-15-12-9-6-3)74-72(81)66(77)60-57-54-51-48-45-42-40-38-30-28-26-23-20-17-14-11-8-5-2/h8,11,16-17,19-20,25-28,31-32,38,40,45,48,54,56-57,59,64-67,69-71,73,75-77,79-80H,4-7,9-10,12-15,18,21-24,29-30,33-37,39,41-44,46-47,49-53,55,58,60-63H2,1-3H3,(H,74,81)/b11-8-,19-16-,20-17-,27-25-,28-26-,32-31-,40-38-,48-45-,57-54-,59-56+. The third-order valence-electron chi connectivity index (χ3n) is 15.1. The van der Waals surface area contributed by atoms with Crippen molar-refractivity contribution in [3.8, 4) is 0 Å². The van der Waals surface area contributed by atoms with E-state index in [1.165, 1.54) is 122 Å². The van der Waals surface area contributed by atoms with Gasteiger partial charge in [0.1, 0.15) is 24.4 Å². The number of hydrogen-bond acceptors (Lipinski definition) is 10. The minimum Gasteiger partial charge on any atom is -0.454 e. The van der Waals surface area contributed by atoms with Crippen LogP contribution in [0.5, 0.6) is 0 Å². The Balaban J connectivity index is 2.64.